The fourth-order valence-corrected chi connectivity index (χ4v) is 2.58. The first kappa shape index (κ1) is 16.1. The lowest BCUT2D eigenvalue weighted by atomic mass is 10.1. The summed E-state index contributed by atoms with van der Waals surface area (Å²) in [6.07, 6.45) is 1.67. The van der Waals surface area contributed by atoms with Gasteiger partial charge in [0.25, 0.3) is 5.56 Å². The SMILES string of the molecule is CC(C)(C)Oc1cccc(CNc2ccc3c(=O)[nH]ccc3c2)c1. The Morgan fingerprint density at radius 2 is 1.92 bits per heavy atom. The molecule has 0 saturated carbocycles. The molecule has 0 bridgehead atoms. The van der Waals surface area contributed by atoms with Crippen molar-refractivity contribution < 1.29 is 4.74 Å². The van der Waals surface area contributed by atoms with E-state index in [4.69, 9.17) is 4.74 Å². The summed E-state index contributed by atoms with van der Waals surface area (Å²) in [6, 6.07) is 15.7. The Balaban J connectivity index is 1.74. The Morgan fingerprint density at radius 3 is 2.71 bits per heavy atom. The molecule has 0 saturated heterocycles. The molecule has 0 aliphatic heterocycles. The maximum atomic E-state index is 11.7. The van der Waals surface area contributed by atoms with Gasteiger partial charge in [-0.1, -0.05) is 12.1 Å². The normalized spacial score (nSPS) is 11.5. The molecule has 0 fully saturated rings. The number of H-pyrrole nitrogens is 1. The van der Waals surface area contributed by atoms with Crippen molar-refractivity contribution in [3.8, 4) is 5.75 Å². The first-order chi connectivity index (χ1) is 11.4. The number of pyridine rings is 1. The lowest BCUT2D eigenvalue weighted by molar-refractivity contribution is 0.131. The predicted molar refractivity (Wildman–Crippen MR) is 98.7 cm³/mol. The maximum Gasteiger partial charge on any atom is 0.255 e. The molecule has 24 heavy (non-hydrogen) atoms. The van der Waals surface area contributed by atoms with Crippen LogP contribution in [0.4, 0.5) is 5.69 Å². The quantitative estimate of drug-likeness (QED) is 0.752. The number of aromatic nitrogens is 1. The summed E-state index contributed by atoms with van der Waals surface area (Å²) in [5.41, 5.74) is 1.85. The van der Waals surface area contributed by atoms with Gasteiger partial charge in [-0.2, -0.15) is 0 Å². The summed E-state index contributed by atoms with van der Waals surface area (Å²) in [7, 11) is 0. The minimum absolute atomic E-state index is 0.0638. The van der Waals surface area contributed by atoms with E-state index in [2.05, 4.69) is 16.4 Å². The van der Waals surface area contributed by atoms with Crippen LogP contribution in [0.2, 0.25) is 0 Å². The number of fused-ring (bicyclic) bond motifs is 1. The topological polar surface area (TPSA) is 54.1 Å². The molecule has 0 radical (unpaired) electrons. The van der Waals surface area contributed by atoms with E-state index in [-0.39, 0.29) is 11.2 Å². The van der Waals surface area contributed by atoms with E-state index >= 15 is 0 Å². The van der Waals surface area contributed by atoms with Crippen LogP contribution in [0.3, 0.4) is 0 Å². The summed E-state index contributed by atoms with van der Waals surface area (Å²) < 4.78 is 5.90. The van der Waals surface area contributed by atoms with E-state index in [1.165, 1.54) is 0 Å². The molecule has 0 atom stereocenters. The number of nitrogens with one attached hydrogen (secondary N) is 2. The van der Waals surface area contributed by atoms with Crippen LogP contribution in [-0.2, 0) is 6.54 Å². The summed E-state index contributed by atoms with van der Waals surface area (Å²) in [5, 5.41) is 5.02. The third-order valence-electron chi connectivity index (χ3n) is 3.59. The first-order valence-corrected chi connectivity index (χ1v) is 8.04. The number of hydrogen-bond acceptors (Lipinski definition) is 3. The van der Waals surface area contributed by atoms with Crippen molar-refractivity contribution in [1.29, 1.82) is 0 Å². The van der Waals surface area contributed by atoms with Crippen LogP contribution in [0.15, 0.2) is 59.5 Å². The average molecular weight is 322 g/mol. The number of rotatable bonds is 4. The largest absolute Gasteiger partial charge is 0.488 e. The van der Waals surface area contributed by atoms with Crippen LogP contribution in [0, 0.1) is 0 Å². The smallest absolute Gasteiger partial charge is 0.255 e. The second-order valence-electron chi connectivity index (χ2n) is 6.82. The minimum Gasteiger partial charge on any atom is -0.488 e. The summed E-state index contributed by atoms with van der Waals surface area (Å²) >= 11 is 0. The summed E-state index contributed by atoms with van der Waals surface area (Å²) in [5.74, 6) is 0.867. The molecule has 0 unspecified atom stereocenters. The van der Waals surface area contributed by atoms with Crippen LogP contribution in [0.25, 0.3) is 10.8 Å². The van der Waals surface area contributed by atoms with Gasteiger partial charge in [0.05, 0.1) is 0 Å². The highest BCUT2D eigenvalue weighted by Gasteiger charge is 2.11. The van der Waals surface area contributed by atoms with Crippen molar-refractivity contribution in [3.63, 3.8) is 0 Å². The third-order valence-corrected chi connectivity index (χ3v) is 3.59. The average Bonchev–Trinajstić information content (AvgIpc) is 2.52. The fourth-order valence-electron chi connectivity index (χ4n) is 2.58. The Labute approximate surface area is 141 Å². The molecule has 1 heterocycles. The molecule has 3 aromatic rings. The molecule has 4 heteroatoms. The molecule has 0 spiro atoms. The number of aromatic amines is 1. The van der Waals surface area contributed by atoms with E-state index < -0.39 is 0 Å². The zero-order valence-corrected chi connectivity index (χ0v) is 14.2. The maximum absolute atomic E-state index is 11.7. The Bertz CT molecular complexity index is 907. The highest BCUT2D eigenvalue weighted by atomic mass is 16.5. The Hall–Kier alpha value is -2.75. The van der Waals surface area contributed by atoms with Crippen LogP contribution in [0.5, 0.6) is 5.75 Å². The lowest BCUT2D eigenvalue weighted by Crippen LogP contribution is -2.23. The van der Waals surface area contributed by atoms with Crippen molar-refractivity contribution in [3.05, 3.63) is 70.6 Å². The van der Waals surface area contributed by atoms with Crippen molar-refractivity contribution in [2.24, 2.45) is 0 Å². The Kier molecular flexibility index (Phi) is 4.30. The fraction of sp³-hybridized carbons (Fsp3) is 0.250. The molecule has 4 nitrogen and oxygen atoms in total. The Morgan fingerprint density at radius 1 is 1.08 bits per heavy atom. The van der Waals surface area contributed by atoms with Crippen molar-refractivity contribution in [1.82, 2.24) is 4.98 Å². The minimum atomic E-state index is -0.211. The van der Waals surface area contributed by atoms with E-state index in [0.717, 1.165) is 22.4 Å². The highest BCUT2D eigenvalue weighted by Crippen LogP contribution is 2.21. The van der Waals surface area contributed by atoms with Crippen LogP contribution in [0.1, 0.15) is 26.3 Å². The number of anilines is 1. The summed E-state index contributed by atoms with van der Waals surface area (Å²) in [4.78, 5) is 14.4. The van der Waals surface area contributed by atoms with Gasteiger partial charge in [-0.25, -0.2) is 0 Å². The van der Waals surface area contributed by atoms with E-state index in [9.17, 15) is 4.79 Å². The molecule has 1 aromatic heterocycles. The summed E-state index contributed by atoms with van der Waals surface area (Å²) in [6.45, 7) is 6.80. The number of ether oxygens (including phenoxy) is 1. The molecular weight excluding hydrogens is 300 g/mol. The van der Waals surface area contributed by atoms with Gasteiger partial charge in [0.15, 0.2) is 0 Å². The van der Waals surface area contributed by atoms with Gasteiger partial charge in [-0.3, -0.25) is 4.79 Å². The van der Waals surface area contributed by atoms with Crippen LogP contribution in [-0.4, -0.2) is 10.6 Å². The molecule has 124 valence electrons. The molecule has 0 amide bonds. The first-order valence-electron chi connectivity index (χ1n) is 8.04. The van der Waals surface area contributed by atoms with Gasteiger partial charge in [0.2, 0.25) is 0 Å². The zero-order chi connectivity index (χ0) is 17.2. The van der Waals surface area contributed by atoms with Gasteiger partial charge in [-0.15, -0.1) is 0 Å². The number of benzene rings is 2. The molecule has 3 rings (SSSR count). The second kappa shape index (κ2) is 6.40. The number of hydrogen-bond donors (Lipinski definition) is 2. The second-order valence-corrected chi connectivity index (χ2v) is 6.82. The third kappa shape index (κ3) is 3.96. The monoisotopic (exact) mass is 322 g/mol. The standard InChI is InChI=1S/C20H22N2O2/c1-20(2,3)24-17-6-4-5-14(11-17)13-22-16-7-8-18-15(12-16)9-10-21-19(18)23/h4-12,22H,13H2,1-3H3,(H,21,23). The predicted octanol–water partition coefficient (Wildman–Crippen LogP) is 4.32. The van der Waals surface area contributed by atoms with E-state index in [1.54, 1.807) is 6.20 Å². The zero-order valence-electron chi connectivity index (χ0n) is 14.2. The lowest BCUT2D eigenvalue weighted by Gasteiger charge is -2.21. The van der Waals surface area contributed by atoms with Crippen molar-refractivity contribution >= 4 is 16.5 Å². The molecule has 2 aromatic carbocycles. The van der Waals surface area contributed by atoms with Crippen LogP contribution >= 0.6 is 0 Å². The molecular formula is C20H22N2O2. The van der Waals surface area contributed by atoms with Gasteiger partial charge < -0.3 is 15.0 Å². The highest BCUT2D eigenvalue weighted by molar-refractivity contribution is 5.84. The van der Waals surface area contributed by atoms with Crippen LogP contribution < -0.4 is 15.6 Å². The molecule has 0 aliphatic rings. The van der Waals surface area contributed by atoms with Gasteiger partial charge in [-0.05, 0) is 68.1 Å². The molecule has 0 aliphatic carbocycles. The van der Waals surface area contributed by atoms with Gasteiger partial charge in [0.1, 0.15) is 11.4 Å². The van der Waals surface area contributed by atoms with E-state index in [0.29, 0.717) is 11.9 Å². The van der Waals surface area contributed by atoms with Gasteiger partial charge >= 0.3 is 0 Å². The van der Waals surface area contributed by atoms with Crippen molar-refractivity contribution in [2.75, 3.05) is 5.32 Å². The molecule has 2 N–H and O–H groups in total. The van der Waals surface area contributed by atoms with Crippen molar-refractivity contribution in [2.45, 2.75) is 32.9 Å². The van der Waals surface area contributed by atoms with E-state index in [1.807, 2.05) is 63.2 Å². The van der Waals surface area contributed by atoms with Gasteiger partial charge in [0, 0.05) is 23.8 Å².